The van der Waals surface area contributed by atoms with E-state index < -0.39 is 0 Å². The van der Waals surface area contributed by atoms with Crippen LogP contribution in [0.4, 0.5) is 0 Å². The summed E-state index contributed by atoms with van der Waals surface area (Å²) in [7, 11) is 1.62. The molecule has 3 nitrogen and oxygen atoms in total. The molecule has 0 aliphatic rings. The van der Waals surface area contributed by atoms with Crippen molar-refractivity contribution in [2.24, 2.45) is 5.73 Å². The Morgan fingerprint density at radius 3 is 2.77 bits per heavy atom. The van der Waals surface area contributed by atoms with E-state index in [0.29, 0.717) is 6.42 Å². The first-order chi connectivity index (χ1) is 6.13. The first-order valence-corrected chi connectivity index (χ1v) is 4.10. The topological polar surface area (TPSA) is 59.1 Å². The predicted octanol–water partition coefficient (Wildman–Crippen LogP) is 1.48. The molecule has 13 heavy (non-hydrogen) atoms. The third-order valence-corrected chi connectivity index (χ3v) is 1.82. The number of benzene rings is 1. The Morgan fingerprint density at radius 2 is 2.23 bits per heavy atom. The molecule has 0 aromatic heterocycles. The average Bonchev–Trinajstić information content (AvgIpc) is 2.07. The van der Waals surface area contributed by atoms with Crippen molar-refractivity contribution in [1.29, 1.82) is 5.41 Å². The highest BCUT2D eigenvalue weighted by atomic mass is 16.5. The lowest BCUT2D eigenvalue weighted by Gasteiger charge is -2.08. The van der Waals surface area contributed by atoms with Gasteiger partial charge in [0.25, 0.3) is 0 Å². The maximum atomic E-state index is 7.18. The summed E-state index contributed by atoms with van der Waals surface area (Å²) in [6.07, 6.45) is 0.448. The molecule has 0 heterocycles. The van der Waals surface area contributed by atoms with Gasteiger partial charge in [-0.2, -0.15) is 0 Å². The molecule has 3 N–H and O–H groups in total. The Hall–Kier alpha value is -1.51. The molecule has 0 saturated heterocycles. The fourth-order valence-electron chi connectivity index (χ4n) is 1.20. The van der Waals surface area contributed by atoms with Crippen LogP contribution >= 0.6 is 0 Å². The van der Waals surface area contributed by atoms with Crippen molar-refractivity contribution in [2.45, 2.75) is 13.3 Å². The molecule has 0 amide bonds. The lowest BCUT2D eigenvalue weighted by atomic mass is 10.1. The van der Waals surface area contributed by atoms with Gasteiger partial charge >= 0.3 is 0 Å². The Morgan fingerprint density at radius 1 is 1.54 bits per heavy atom. The summed E-state index contributed by atoms with van der Waals surface area (Å²) >= 11 is 0. The van der Waals surface area contributed by atoms with E-state index in [9.17, 15) is 0 Å². The van der Waals surface area contributed by atoms with Gasteiger partial charge in [0.15, 0.2) is 0 Å². The van der Waals surface area contributed by atoms with Gasteiger partial charge in [0.2, 0.25) is 0 Å². The molecule has 0 spiro atoms. The molecule has 1 aromatic rings. The first-order valence-electron chi connectivity index (χ1n) is 4.10. The summed E-state index contributed by atoms with van der Waals surface area (Å²) in [6.45, 7) is 2.00. The Bertz CT molecular complexity index is 321. The van der Waals surface area contributed by atoms with Gasteiger partial charge in [-0.05, 0) is 18.6 Å². The van der Waals surface area contributed by atoms with Crippen molar-refractivity contribution in [3.8, 4) is 5.75 Å². The van der Waals surface area contributed by atoms with E-state index in [4.69, 9.17) is 15.9 Å². The van der Waals surface area contributed by atoms with E-state index in [2.05, 4.69) is 0 Å². The van der Waals surface area contributed by atoms with E-state index >= 15 is 0 Å². The molecule has 0 bridgehead atoms. The summed E-state index contributed by atoms with van der Waals surface area (Å²) in [5.41, 5.74) is 7.42. The summed E-state index contributed by atoms with van der Waals surface area (Å²) < 4.78 is 5.17. The van der Waals surface area contributed by atoms with Crippen molar-refractivity contribution in [3.63, 3.8) is 0 Å². The number of nitrogens with two attached hydrogens (primary N) is 1. The number of methoxy groups -OCH3 is 1. The Labute approximate surface area is 78.0 Å². The second kappa shape index (κ2) is 3.94. The summed E-state index contributed by atoms with van der Waals surface area (Å²) in [6, 6.07) is 5.87. The minimum Gasteiger partial charge on any atom is -0.496 e. The van der Waals surface area contributed by atoms with Crippen LogP contribution in [0.3, 0.4) is 0 Å². The van der Waals surface area contributed by atoms with Gasteiger partial charge in [0.1, 0.15) is 5.75 Å². The first kappa shape index (κ1) is 9.58. The number of ether oxygens (including phenoxy) is 1. The molecule has 0 aliphatic carbocycles. The second-order valence-electron chi connectivity index (χ2n) is 3.02. The molecule has 0 saturated carbocycles. The predicted molar refractivity (Wildman–Crippen MR) is 53.3 cm³/mol. The highest BCUT2D eigenvalue weighted by molar-refractivity contribution is 5.80. The minimum absolute atomic E-state index is 0.155. The molecule has 3 heteroatoms. The van der Waals surface area contributed by atoms with Crippen LogP contribution in [-0.4, -0.2) is 12.9 Å². The molecular weight excluding hydrogens is 164 g/mol. The van der Waals surface area contributed by atoms with Crippen LogP contribution < -0.4 is 10.5 Å². The number of hydrogen-bond acceptors (Lipinski definition) is 2. The third kappa shape index (κ3) is 2.47. The van der Waals surface area contributed by atoms with Gasteiger partial charge in [-0.15, -0.1) is 0 Å². The van der Waals surface area contributed by atoms with Crippen LogP contribution in [0.5, 0.6) is 5.75 Å². The standard InChI is InChI=1S/C10H14N2O/c1-7-3-4-8(6-10(11)12)9(5-7)13-2/h3-5H,6H2,1-2H3,(H3,11,12). The molecule has 1 aromatic carbocycles. The van der Waals surface area contributed by atoms with Crippen LogP contribution in [0.1, 0.15) is 11.1 Å². The van der Waals surface area contributed by atoms with E-state index in [1.807, 2.05) is 25.1 Å². The second-order valence-corrected chi connectivity index (χ2v) is 3.02. The zero-order valence-corrected chi connectivity index (χ0v) is 7.92. The molecule has 0 fully saturated rings. The van der Waals surface area contributed by atoms with Gasteiger partial charge in [-0.3, -0.25) is 5.41 Å². The van der Waals surface area contributed by atoms with Crippen molar-refractivity contribution in [3.05, 3.63) is 29.3 Å². The molecule has 70 valence electrons. The van der Waals surface area contributed by atoms with E-state index in [0.717, 1.165) is 16.9 Å². The largest absolute Gasteiger partial charge is 0.496 e. The average molecular weight is 178 g/mol. The van der Waals surface area contributed by atoms with Crippen LogP contribution in [0.25, 0.3) is 0 Å². The lowest BCUT2D eigenvalue weighted by Crippen LogP contribution is -2.13. The number of nitrogens with one attached hydrogen (secondary N) is 1. The van der Waals surface area contributed by atoms with Crippen LogP contribution in [0.2, 0.25) is 0 Å². The van der Waals surface area contributed by atoms with Crippen LogP contribution in [-0.2, 0) is 6.42 Å². The van der Waals surface area contributed by atoms with E-state index in [1.54, 1.807) is 7.11 Å². The van der Waals surface area contributed by atoms with Crippen LogP contribution in [0.15, 0.2) is 18.2 Å². The number of aryl methyl sites for hydroxylation is 1. The molecule has 0 atom stereocenters. The Kier molecular flexibility index (Phi) is 2.90. The maximum absolute atomic E-state index is 7.18. The van der Waals surface area contributed by atoms with E-state index in [1.165, 1.54) is 0 Å². The van der Waals surface area contributed by atoms with Crippen molar-refractivity contribution in [2.75, 3.05) is 7.11 Å². The molecular formula is C10H14N2O. The van der Waals surface area contributed by atoms with Crippen molar-refractivity contribution < 1.29 is 4.74 Å². The normalized spacial score (nSPS) is 9.69. The highest BCUT2D eigenvalue weighted by Crippen LogP contribution is 2.19. The van der Waals surface area contributed by atoms with Crippen LogP contribution in [0, 0.1) is 12.3 Å². The van der Waals surface area contributed by atoms with Gasteiger partial charge < -0.3 is 10.5 Å². The highest BCUT2D eigenvalue weighted by Gasteiger charge is 2.03. The summed E-state index contributed by atoms with van der Waals surface area (Å²) in [5.74, 6) is 0.956. The molecule has 1 rings (SSSR count). The summed E-state index contributed by atoms with van der Waals surface area (Å²) in [4.78, 5) is 0. The molecule has 0 radical (unpaired) electrons. The van der Waals surface area contributed by atoms with Crippen molar-refractivity contribution >= 4 is 5.84 Å². The zero-order valence-electron chi connectivity index (χ0n) is 7.92. The van der Waals surface area contributed by atoms with Gasteiger partial charge in [-0.1, -0.05) is 12.1 Å². The SMILES string of the molecule is COc1cc(C)ccc1CC(=N)N. The fraction of sp³-hybridized carbons (Fsp3) is 0.300. The smallest absolute Gasteiger partial charge is 0.122 e. The maximum Gasteiger partial charge on any atom is 0.122 e. The summed E-state index contributed by atoms with van der Waals surface area (Å²) in [5, 5.41) is 7.18. The van der Waals surface area contributed by atoms with E-state index in [-0.39, 0.29) is 5.84 Å². The number of amidine groups is 1. The lowest BCUT2D eigenvalue weighted by molar-refractivity contribution is 0.410. The number of rotatable bonds is 3. The van der Waals surface area contributed by atoms with Gasteiger partial charge in [-0.25, -0.2) is 0 Å². The molecule has 0 aliphatic heterocycles. The van der Waals surface area contributed by atoms with Gasteiger partial charge in [0, 0.05) is 12.0 Å². The van der Waals surface area contributed by atoms with Gasteiger partial charge in [0.05, 0.1) is 12.9 Å². The third-order valence-electron chi connectivity index (χ3n) is 1.82. The van der Waals surface area contributed by atoms with Crippen molar-refractivity contribution in [1.82, 2.24) is 0 Å². The Balaban J connectivity index is 2.99. The monoisotopic (exact) mass is 178 g/mol. The zero-order chi connectivity index (χ0) is 9.84. The quantitative estimate of drug-likeness (QED) is 0.544. The fourth-order valence-corrected chi connectivity index (χ4v) is 1.20. The molecule has 0 unspecified atom stereocenters. The minimum atomic E-state index is 0.155. The number of hydrogen-bond donors (Lipinski definition) is 2.